The molecule has 3 heterocycles. The van der Waals surface area contributed by atoms with Crippen molar-refractivity contribution in [1.82, 2.24) is 25.0 Å². The topological polar surface area (TPSA) is 76.2 Å². The van der Waals surface area contributed by atoms with Crippen LogP contribution in [0.3, 0.4) is 0 Å². The van der Waals surface area contributed by atoms with Crippen LogP contribution in [0.4, 0.5) is 4.79 Å². The molecule has 0 spiro atoms. The van der Waals surface area contributed by atoms with E-state index in [2.05, 4.69) is 34.0 Å². The molecule has 1 aromatic carbocycles. The van der Waals surface area contributed by atoms with Crippen LogP contribution in [0.1, 0.15) is 30.2 Å². The third kappa shape index (κ3) is 3.78. The van der Waals surface area contributed by atoms with Gasteiger partial charge in [0.25, 0.3) is 0 Å². The second-order valence-corrected chi connectivity index (χ2v) is 7.01. The van der Waals surface area contributed by atoms with Crippen molar-refractivity contribution in [3.8, 4) is 11.4 Å². The molecule has 0 aliphatic carbocycles. The Morgan fingerprint density at radius 2 is 2.14 bits per heavy atom. The Morgan fingerprint density at radius 3 is 2.89 bits per heavy atom. The molecule has 0 bridgehead atoms. The highest BCUT2D eigenvalue weighted by Crippen LogP contribution is 2.29. The zero-order chi connectivity index (χ0) is 19.3. The SMILES string of the molecule is CCCn1nc(-c2cocn2)c2c1CCN(C(=O)NCCc1ccccc1)C2. The normalized spacial score (nSPS) is 13.4. The quantitative estimate of drug-likeness (QED) is 0.713. The maximum Gasteiger partial charge on any atom is 0.317 e. The number of benzene rings is 1. The summed E-state index contributed by atoms with van der Waals surface area (Å²) in [7, 11) is 0. The molecule has 0 fully saturated rings. The van der Waals surface area contributed by atoms with Crippen LogP contribution in [0.25, 0.3) is 11.4 Å². The Bertz CT molecular complexity index is 918. The zero-order valence-electron chi connectivity index (χ0n) is 16.1. The van der Waals surface area contributed by atoms with Crippen molar-refractivity contribution >= 4 is 6.03 Å². The number of hydrogen-bond donors (Lipinski definition) is 1. The second-order valence-electron chi connectivity index (χ2n) is 7.01. The molecular weight excluding hydrogens is 354 g/mol. The number of carbonyl (C=O) groups excluding carboxylic acids is 1. The van der Waals surface area contributed by atoms with E-state index in [-0.39, 0.29) is 6.03 Å². The van der Waals surface area contributed by atoms with Crippen LogP contribution in [0.15, 0.2) is 47.4 Å². The van der Waals surface area contributed by atoms with Crippen molar-refractivity contribution in [3.63, 3.8) is 0 Å². The van der Waals surface area contributed by atoms with Crippen LogP contribution in [0.2, 0.25) is 0 Å². The number of nitrogens with one attached hydrogen (secondary N) is 1. The maximum absolute atomic E-state index is 12.7. The van der Waals surface area contributed by atoms with Crippen LogP contribution in [-0.2, 0) is 25.9 Å². The Kier molecular flexibility index (Phi) is 5.41. The fourth-order valence-corrected chi connectivity index (χ4v) is 3.67. The van der Waals surface area contributed by atoms with Crippen LogP contribution in [-0.4, -0.2) is 38.8 Å². The van der Waals surface area contributed by atoms with E-state index in [9.17, 15) is 4.79 Å². The lowest BCUT2D eigenvalue weighted by atomic mass is 10.0. The summed E-state index contributed by atoms with van der Waals surface area (Å²) < 4.78 is 7.20. The monoisotopic (exact) mass is 379 g/mol. The molecule has 4 rings (SSSR count). The third-order valence-corrected chi connectivity index (χ3v) is 5.06. The molecule has 146 valence electrons. The van der Waals surface area contributed by atoms with Gasteiger partial charge < -0.3 is 14.6 Å². The summed E-state index contributed by atoms with van der Waals surface area (Å²) in [4.78, 5) is 18.8. The molecule has 0 radical (unpaired) electrons. The maximum atomic E-state index is 12.7. The van der Waals surface area contributed by atoms with E-state index in [0.717, 1.165) is 42.8 Å². The fourth-order valence-electron chi connectivity index (χ4n) is 3.67. The Morgan fingerprint density at radius 1 is 1.29 bits per heavy atom. The molecule has 1 N–H and O–H groups in total. The van der Waals surface area contributed by atoms with E-state index in [0.29, 0.717) is 19.6 Å². The molecule has 7 nitrogen and oxygen atoms in total. The van der Waals surface area contributed by atoms with Gasteiger partial charge in [0.1, 0.15) is 17.7 Å². The van der Waals surface area contributed by atoms with Gasteiger partial charge in [0.2, 0.25) is 0 Å². The summed E-state index contributed by atoms with van der Waals surface area (Å²) in [5.41, 5.74) is 5.04. The molecule has 0 atom stereocenters. The summed E-state index contributed by atoms with van der Waals surface area (Å²) in [6.07, 6.45) is 5.65. The van der Waals surface area contributed by atoms with Gasteiger partial charge in [-0.3, -0.25) is 4.68 Å². The number of hydrogen-bond acceptors (Lipinski definition) is 4. The molecule has 0 saturated heterocycles. The van der Waals surface area contributed by atoms with Gasteiger partial charge in [0.05, 0.1) is 6.54 Å². The van der Waals surface area contributed by atoms with Crippen LogP contribution in [0, 0.1) is 0 Å². The standard InChI is InChI=1S/C21H25N5O2/c1-2-11-26-19-9-12-25(13-17(19)20(24-26)18-14-28-15-23-18)21(27)22-10-8-16-6-4-3-5-7-16/h3-7,14-15H,2,8-13H2,1H3,(H,22,27). The molecule has 2 amide bonds. The summed E-state index contributed by atoms with van der Waals surface area (Å²) >= 11 is 0. The fraction of sp³-hybridized carbons (Fsp3) is 0.381. The van der Waals surface area contributed by atoms with Gasteiger partial charge in [-0.15, -0.1) is 0 Å². The number of amides is 2. The van der Waals surface area contributed by atoms with Crippen molar-refractivity contribution in [2.75, 3.05) is 13.1 Å². The van der Waals surface area contributed by atoms with E-state index < -0.39 is 0 Å². The van der Waals surface area contributed by atoms with Gasteiger partial charge in [-0.2, -0.15) is 5.10 Å². The van der Waals surface area contributed by atoms with Gasteiger partial charge >= 0.3 is 6.03 Å². The number of fused-ring (bicyclic) bond motifs is 1. The first-order chi connectivity index (χ1) is 13.8. The lowest BCUT2D eigenvalue weighted by Gasteiger charge is -2.28. The van der Waals surface area contributed by atoms with E-state index in [1.807, 2.05) is 23.1 Å². The molecule has 3 aromatic rings. The average molecular weight is 379 g/mol. The molecule has 0 unspecified atom stereocenters. The second kappa shape index (κ2) is 8.29. The van der Waals surface area contributed by atoms with Crippen LogP contribution >= 0.6 is 0 Å². The molecule has 1 aliphatic heterocycles. The third-order valence-electron chi connectivity index (χ3n) is 5.06. The predicted octanol–water partition coefficient (Wildman–Crippen LogP) is 3.26. The molecule has 28 heavy (non-hydrogen) atoms. The smallest absolute Gasteiger partial charge is 0.317 e. The number of carbonyl (C=O) groups is 1. The van der Waals surface area contributed by atoms with Gasteiger partial charge in [-0.05, 0) is 18.4 Å². The first-order valence-corrected chi connectivity index (χ1v) is 9.80. The average Bonchev–Trinajstić information content (AvgIpc) is 3.37. The highest BCUT2D eigenvalue weighted by Gasteiger charge is 2.28. The summed E-state index contributed by atoms with van der Waals surface area (Å²) in [6.45, 7) is 4.86. The Hall–Kier alpha value is -3.09. The highest BCUT2D eigenvalue weighted by molar-refractivity contribution is 5.75. The van der Waals surface area contributed by atoms with Crippen molar-refractivity contribution in [2.45, 2.75) is 39.3 Å². The Balaban J connectivity index is 1.45. The minimum Gasteiger partial charge on any atom is -0.451 e. The number of nitrogens with zero attached hydrogens (tertiary/aromatic N) is 4. The number of rotatable bonds is 6. The first kappa shape index (κ1) is 18.3. The molecule has 0 saturated carbocycles. The van der Waals surface area contributed by atoms with Gasteiger partial charge in [0, 0.05) is 37.3 Å². The number of oxazole rings is 1. The van der Waals surface area contributed by atoms with Crippen LogP contribution in [0.5, 0.6) is 0 Å². The predicted molar refractivity (Wildman–Crippen MR) is 106 cm³/mol. The number of aromatic nitrogens is 3. The molecule has 2 aromatic heterocycles. The first-order valence-electron chi connectivity index (χ1n) is 9.80. The minimum absolute atomic E-state index is 0.0316. The van der Waals surface area contributed by atoms with Crippen LogP contribution < -0.4 is 5.32 Å². The summed E-state index contributed by atoms with van der Waals surface area (Å²) in [6, 6.07) is 10.2. The number of urea groups is 1. The Labute approximate surface area is 164 Å². The van der Waals surface area contributed by atoms with Crippen molar-refractivity contribution in [2.24, 2.45) is 0 Å². The van der Waals surface area contributed by atoms with Gasteiger partial charge in [-0.1, -0.05) is 37.3 Å². The van der Waals surface area contributed by atoms with Crippen molar-refractivity contribution in [3.05, 3.63) is 59.8 Å². The van der Waals surface area contributed by atoms with Crippen molar-refractivity contribution in [1.29, 1.82) is 0 Å². The summed E-state index contributed by atoms with van der Waals surface area (Å²) in [5, 5.41) is 7.80. The van der Waals surface area contributed by atoms with E-state index in [4.69, 9.17) is 9.52 Å². The van der Waals surface area contributed by atoms with Gasteiger partial charge in [0.15, 0.2) is 6.39 Å². The lowest BCUT2D eigenvalue weighted by Crippen LogP contribution is -2.43. The van der Waals surface area contributed by atoms with E-state index >= 15 is 0 Å². The number of aryl methyl sites for hydroxylation is 1. The minimum atomic E-state index is -0.0316. The van der Waals surface area contributed by atoms with E-state index in [1.54, 1.807) is 6.26 Å². The van der Waals surface area contributed by atoms with Gasteiger partial charge in [-0.25, -0.2) is 9.78 Å². The summed E-state index contributed by atoms with van der Waals surface area (Å²) in [5.74, 6) is 0. The zero-order valence-corrected chi connectivity index (χ0v) is 16.1. The van der Waals surface area contributed by atoms with E-state index in [1.165, 1.54) is 17.7 Å². The highest BCUT2D eigenvalue weighted by atomic mass is 16.3. The lowest BCUT2D eigenvalue weighted by molar-refractivity contribution is 0.192. The largest absolute Gasteiger partial charge is 0.451 e. The molecule has 7 heteroatoms. The molecular formula is C21H25N5O2. The molecule has 1 aliphatic rings. The van der Waals surface area contributed by atoms with Crippen molar-refractivity contribution < 1.29 is 9.21 Å².